The van der Waals surface area contributed by atoms with Crippen LogP contribution in [0.15, 0.2) is 6.07 Å². The molecule has 2 aromatic rings. The number of rotatable bonds is 4. The summed E-state index contributed by atoms with van der Waals surface area (Å²) in [6.07, 6.45) is 7.54. The fourth-order valence-corrected chi connectivity index (χ4v) is 4.59. The van der Waals surface area contributed by atoms with Crippen molar-refractivity contribution in [2.45, 2.75) is 38.5 Å². The van der Waals surface area contributed by atoms with E-state index in [9.17, 15) is 0 Å². The standard InChI is InChI=1S/C14H19N3S2/c1-15-8-7-13-16-17-14(19-13)12-9-10-5-3-2-4-6-11(10)18-12/h9,15H,2-8H2,1H3. The van der Waals surface area contributed by atoms with Crippen LogP contribution in [0.2, 0.25) is 0 Å². The summed E-state index contributed by atoms with van der Waals surface area (Å²) in [6.45, 7) is 0.968. The molecular formula is C14H19N3S2. The molecule has 0 aromatic carbocycles. The van der Waals surface area contributed by atoms with E-state index in [2.05, 4.69) is 21.6 Å². The Balaban J connectivity index is 1.80. The van der Waals surface area contributed by atoms with Gasteiger partial charge >= 0.3 is 0 Å². The van der Waals surface area contributed by atoms with Crippen molar-refractivity contribution in [1.82, 2.24) is 15.5 Å². The lowest BCUT2D eigenvalue weighted by Crippen LogP contribution is -2.09. The number of aryl methyl sites for hydroxylation is 2. The number of likely N-dealkylation sites (N-methyl/N-ethyl adjacent to an activating group) is 1. The summed E-state index contributed by atoms with van der Waals surface area (Å²) >= 11 is 3.67. The van der Waals surface area contributed by atoms with Crippen molar-refractivity contribution >= 4 is 22.7 Å². The predicted octanol–water partition coefficient (Wildman–Crippen LogP) is 3.30. The van der Waals surface area contributed by atoms with Gasteiger partial charge in [0.2, 0.25) is 0 Å². The highest BCUT2D eigenvalue weighted by Gasteiger charge is 2.15. The number of fused-ring (bicyclic) bond motifs is 1. The van der Waals surface area contributed by atoms with Crippen LogP contribution in [0, 0.1) is 0 Å². The molecule has 1 aliphatic carbocycles. The van der Waals surface area contributed by atoms with Gasteiger partial charge in [-0.2, -0.15) is 0 Å². The maximum absolute atomic E-state index is 4.36. The number of hydrogen-bond acceptors (Lipinski definition) is 5. The molecule has 1 N–H and O–H groups in total. The SMILES string of the molecule is CNCCc1nnc(-c2cc3c(s2)CCCCC3)s1. The van der Waals surface area contributed by atoms with Gasteiger partial charge in [0.25, 0.3) is 0 Å². The average Bonchev–Trinajstić information content (AvgIpc) is 2.99. The molecule has 0 aliphatic heterocycles. The van der Waals surface area contributed by atoms with Gasteiger partial charge in [-0.25, -0.2) is 0 Å². The fraction of sp³-hybridized carbons (Fsp3) is 0.571. The lowest BCUT2D eigenvalue weighted by atomic mass is 10.1. The van der Waals surface area contributed by atoms with Gasteiger partial charge in [0.15, 0.2) is 5.01 Å². The highest BCUT2D eigenvalue weighted by molar-refractivity contribution is 7.21. The molecule has 0 saturated heterocycles. The van der Waals surface area contributed by atoms with Gasteiger partial charge in [0, 0.05) is 17.8 Å². The Hall–Kier alpha value is -0.780. The van der Waals surface area contributed by atoms with Crippen LogP contribution in [0.25, 0.3) is 9.88 Å². The van der Waals surface area contributed by atoms with Crippen LogP contribution in [0.3, 0.4) is 0 Å². The molecule has 0 atom stereocenters. The maximum Gasteiger partial charge on any atom is 0.157 e. The molecule has 2 aromatic heterocycles. The van der Waals surface area contributed by atoms with Crippen molar-refractivity contribution in [3.8, 4) is 9.88 Å². The Bertz CT molecular complexity index is 521. The van der Waals surface area contributed by atoms with E-state index in [0.29, 0.717) is 0 Å². The van der Waals surface area contributed by atoms with Crippen LogP contribution < -0.4 is 5.32 Å². The summed E-state index contributed by atoms with van der Waals surface area (Å²) in [7, 11) is 1.97. The van der Waals surface area contributed by atoms with E-state index in [4.69, 9.17) is 0 Å². The first kappa shape index (κ1) is 13.2. The Morgan fingerprint density at radius 1 is 1.16 bits per heavy atom. The number of nitrogens with zero attached hydrogens (tertiary/aromatic N) is 2. The van der Waals surface area contributed by atoms with Crippen molar-refractivity contribution in [2.75, 3.05) is 13.6 Å². The second-order valence-corrected chi connectivity index (χ2v) is 7.17. The molecule has 3 rings (SSSR count). The highest BCUT2D eigenvalue weighted by atomic mass is 32.1. The second-order valence-electron chi connectivity index (χ2n) is 4.97. The molecule has 19 heavy (non-hydrogen) atoms. The molecule has 0 fully saturated rings. The van der Waals surface area contributed by atoms with Crippen LogP contribution in [0.1, 0.15) is 34.7 Å². The van der Waals surface area contributed by atoms with E-state index in [1.807, 2.05) is 18.4 Å². The minimum Gasteiger partial charge on any atom is -0.319 e. The van der Waals surface area contributed by atoms with E-state index in [0.717, 1.165) is 23.0 Å². The zero-order chi connectivity index (χ0) is 13.1. The Labute approximate surface area is 122 Å². The zero-order valence-electron chi connectivity index (χ0n) is 11.2. The lowest BCUT2D eigenvalue weighted by Gasteiger charge is -1.92. The van der Waals surface area contributed by atoms with Crippen molar-refractivity contribution in [3.63, 3.8) is 0 Å². The van der Waals surface area contributed by atoms with E-state index in [-0.39, 0.29) is 0 Å². The highest BCUT2D eigenvalue weighted by Crippen LogP contribution is 2.36. The second kappa shape index (κ2) is 6.11. The normalized spacial score (nSPS) is 15.2. The maximum atomic E-state index is 4.36. The molecule has 2 heterocycles. The van der Waals surface area contributed by atoms with Crippen LogP contribution in [0.5, 0.6) is 0 Å². The first-order valence-electron chi connectivity index (χ1n) is 6.96. The van der Waals surface area contributed by atoms with Crippen LogP contribution >= 0.6 is 22.7 Å². The molecule has 3 nitrogen and oxygen atoms in total. The van der Waals surface area contributed by atoms with Crippen molar-refractivity contribution < 1.29 is 0 Å². The van der Waals surface area contributed by atoms with E-state index >= 15 is 0 Å². The van der Waals surface area contributed by atoms with Crippen LogP contribution in [0.4, 0.5) is 0 Å². The lowest BCUT2D eigenvalue weighted by molar-refractivity contribution is 0.713. The molecule has 0 bridgehead atoms. The van der Waals surface area contributed by atoms with E-state index < -0.39 is 0 Å². The minimum absolute atomic E-state index is 0.968. The summed E-state index contributed by atoms with van der Waals surface area (Å²) in [5, 5.41) is 14.0. The molecule has 102 valence electrons. The number of thiophene rings is 1. The monoisotopic (exact) mass is 293 g/mol. The summed E-state index contributed by atoms with van der Waals surface area (Å²) in [5.41, 5.74) is 1.56. The van der Waals surface area contributed by atoms with Gasteiger partial charge in [-0.15, -0.1) is 21.5 Å². The number of nitrogens with one attached hydrogen (secondary N) is 1. The smallest absolute Gasteiger partial charge is 0.157 e. The molecule has 0 spiro atoms. The first-order chi connectivity index (χ1) is 9.36. The molecule has 1 aliphatic rings. The van der Waals surface area contributed by atoms with E-state index in [1.54, 1.807) is 21.8 Å². The molecule has 0 saturated carbocycles. The largest absolute Gasteiger partial charge is 0.319 e. The van der Waals surface area contributed by atoms with Gasteiger partial charge in [-0.05, 0) is 44.4 Å². The van der Waals surface area contributed by atoms with E-state index in [1.165, 1.54) is 37.0 Å². The zero-order valence-corrected chi connectivity index (χ0v) is 12.9. The van der Waals surface area contributed by atoms with Crippen LogP contribution in [-0.2, 0) is 19.3 Å². The Morgan fingerprint density at radius 3 is 2.95 bits per heavy atom. The van der Waals surface area contributed by atoms with Gasteiger partial charge < -0.3 is 5.32 Å². The average molecular weight is 293 g/mol. The third kappa shape index (κ3) is 3.04. The summed E-state index contributed by atoms with van der Waals surface area (Å²) in [5.74, 6) is 0. The summed E-state index contributed by atoms with van der Waals surface area (Å²) < 4.78 is 0. The van der Waals surface area contributed by atoms with Crippen molar-refractivity contribution in [3.05, 3.63) is 21.5 Å². The first-order valence-corrected chi connectivity index (χ1v) is 8.59. The summed E-state index contributed by atoms with van der Waals surface area (Å²) in [6, 6.07) is 2.35. The number of hydrogen-bond donors (Lipinski definition) is 1. The van der Waals surface area contributed by atoms with Crippen molar-refractivity contribution in [1.29, 1.82) is 0 Å². The van der Waals surface area contributed by atoms with Crippen LogP contribution in [-0.4, -0.2) is 23.8 Å². The van der Waals surface area contributed by atoms with Crippen molar-refractivity contribution in [2.24, 2.45) is 0 Å². The fourth-order valence-electron chi connectivity index (χ4n) is 2.46. The topological polar surface area (TPSA) is 37.8 Å². The third-order valence-corrected chi connectivity index (χ3v) is 5.90. The summed E-state index contributed by atoms with van der Waals surface area (Å²) in [4.78, 5) is 2.90. The minimum atomic E-state index is 0.968. The number of aromatic nitrogens is 2. The molecule has 5 heteroatoms. The van der Waals surface area contributed by atoms with Gasteiger partial charge in [-0.3, -0.25) is 0 Å². The Morgan fingerprint density at radius 2 is 2.05 bits per heavy atom. The molecule has 0 unspecified atom stereocenters. The van der Waals surface area contributed by atoms with Gasteiger partial charge in [0.05, 0.1) is 4.88 Å². The predicted molar refractivity (Wildman–Crippen MR) is 82.1 cm³/mol. The molecule has 0 amide bonds. The Kier molecular flexibility index (Phi) is 4.25. The quantitative estimate of drug-likeness (QED) is 0.879. The third-order valence-electron chi connectivity index (χ3n) is 3.51. The molecule has 0 radical (unpaired) electrons. The van der Waals surface area contributed by atoms with Gasteiger partial charge in [0.1, 0.15) is 5.01 Å². The molecular weight excluding hydrogens is 274 g/mol. The van der Waals surface area contributed by atoms with Gasteiger partial charge in [-0.1, -0.05) is 17.8 Å².